The van der Waals surface area contributed by atoms with Crippen molar-refractivity contribution in [3.05, 3.63) is 36.3 Å². The van der Waals surface area contributed by atoms with Crippen molar-refractivity contribution < 1.29 is 13.2 Å². The topological polar surface area (TPSA) is 64.7 Å². The summed E-state index contributed by atoms with van der Waals surface area (Å²) in [6.07, 6.45) is -1.46. The van der Waals surface area contributed by atoms with Gasteiger partial charge in [0.15, 0.2) is 5.69 Å². The van der Waals surface area contributed by atoms with E-state index >= 15 is 0 Å². The van der Waals surface area contributed by atoms with Crippen LogP contribution in [0.15, 0.2) is 40.5 Å². The van der Waals surface area contributed by atoms with Crippen LogP contribution in [0.5, 0.6) is 0 Å². The predicted molar refractivity (Wildman–Crippen MR) is 59.8 cm³/mol. The van der Waals surface area contributed by atoms with Crippen LogP contribution in [0.3, 0.4) is 0 Å². The number of halogens is 3. The summed E-state index contributed by atoms with van der Waals surface area (Å²) in [5.74, 6) is -0.401. The van der Waals surface area contributed by atoms with Gasteiger partial charge < -0.3 is 5.73 Å². The molecule has 0 aliphatic heterocycles. The zero-order valence-electron chi connectivity index (χ0n) is 8.85. The van der Waals surface area contributed by atoms with E-state index in [9.17, 15) is 13.2 Å². The van der Waals surface area contributed by atoms with Crippen molar-refractivity contribution in [3.8, 4) is 0 Å². The Balaban J connectivity index is 2.32. The van der Waals surface area contributed by atoms with E-state index in [4.69, 9.17) is 5.73 Å². The molecule has 94 valence electrons. The van der Waals surface area contributed by atoms with E-state index < -0.39 is 17.8 Å². The molecular formula is C10H7F3N4S. The number of nitrogens with two attached hydrogens (primary N) is 1. The van der Waals surface area contributed by atoms with Crippen LogP contribution in [-0.4, -0.2) is 15.0 Å². The number of hydrogen-bond acceptors (Lipinski definition) is 5. The van der Waals surface area contributed by atoms with Gasteiger partial charge in [-0.25, -0.2) is 9.97 Å². The second-order valence-corrected chi connectivity index (χ2v) is 4.33. The SMILES string of the molecule is Nc1nc(Sc2ccncc2)cc(C(F)(F)F)n1. The van der Waals surface area contributed by atoms with Gasteiger partial charge in [0.25, 0.3) is 0 Å². The Labute approximate surface area is 104 Å². The fourth-order valence-electron chi connectivity index (χ4n) is 1.17. The Morgan fingerprint density at radius 1 is 1.11 bits per heavy atom. The summed E-state index contributed by atoms with van der Waals surface area (Å²) < 4.78 is 37.6. The molecule has 0 aliphatic rings. The van der Waals surface area contributed by atoms with Crippen LogP contribution in [0.1, 0.15) is 5.69 Å². The molecule has 2 aromatic rings. The molecule has 18 heavy (non-hydrogen) atoms. The normalized spacial score (nSPS) is 11.5. The minimum absolute atomic E-state index is 0.140. The van der Waals surface area contributed by atoms with Gasteiger partial charge >= 0.3 is 6.18 Å². The van der Waals surface area contributed by atoms with Gasteiger partial charge in [-0.1, -0.05) is 11.8 Å². The van der Waals surface area contributed by atoms with Crippen LogP contribution < -0.4 is 5.73 Å². The van der Waals surface area contributed by atoms with Gasteiger partial charge in [0, 0.05) is 23.4 Å². The number of rotatable bonds is 2. The largest absolute Gasteiger partial charge is 0.433 e. The smallest absolute Gasteiger partial charge is 0.368 e. The van der Waals surface area contributed by atoms with E-state index in [0.717, 1.165) is 22.7 Å². The lowest BCUT2D eigenvalue weighted by Crippen LogP contribution is -2.11. The Morgan fingerprint density at radius 3 is 2.39 bits per heavy atom. The Kier molecular flexibility index (Phi) is 3.37. The predicted octanol–water partition coefficient (Wildman–Crippen LogP) is 2.62. The second kappa shape index (κ2) is 4.81. The van der Waals surface area contributed by atoms with E-state index in [1.54, 1.807) is 12.1 Å². The minimum Gasteiger partial charge on any atom is -0.368 e. The number of nitrogen functional groups attached to an aromatic ring is 1. The first kappa shape index (κ1) is 12.6. The average Bonchev–Trinajstić information content (AvgIpc) is 2.28. The zero-order chi connectivity index (χ0) is 13.2. The van der Waals surface area contributed by atoms with Gasteiger partial charge in [-0.05, 0) is 12.1 Å². The summed E-state index contributed by atoms with van der Waals surface area (Å²) in [4.78, 5) is 11.4. The van der Waals surface area contributed by atoms with E-state index in [1.165, 1.54) is 12.4 Å². The quantitative estimate of drug-likeness (QED) is 0.851. The van der Waals surface area contributed by atoms with Gasteiger partial charge in [0.1, 0.15) is 5.03 Å². The first-order valence-electron chi connectivity index (χ1n) is 4.75. The van der Waals surface area contributed by atoms with Crippen LogP contribution in [0.4, 0.5) is 19.1 Å². The molecule has 0 spiro atoms. The molecule has 2 aromatic heterocycles. The van der Waals surface area contributed by atoms with Gasteiger partial charge in [0.2, 0.25) is 5.95 Å². The van der Waals surface area contributed by atoms with E-state index in [1.807, 2.05) is 0 Å². The fraction of sp³-hybridized carbons (Fsp3) is 0.100. The maximum Gasteiger partial charge on any atom is 0.433 e. The van der Waals surface area contributed by atoms with Gasteiger partial charge in [0.05, 0.1) is 0 Å². The van der Waals surface area contributed by atoms with Crippen molar-refractivity contribution in [2.24, 2.45) is 0 Å². The van der Waals surface area contributed by atoms with E-state index in [0.29, 0.717) is 0 Å². The van der Waals surface area contributed by atoms with Crippen molar-refractivity contribution in [1.29, 1.82) is 0 Å². The zero-order valence-corrected chi connectivity index (χ0v) is 9.66. The van der Waals surface area contributed by atoms with Crippen molar-refractivity contribution in [2.75, 3.05) is 5.73 Å². The monoisotopic (exact) mass is 272 g/mol. The highest BCUT2D eigenvalue weighted by atomic mass is 32.2. The van der Waals surface area contributed by atoms with Crippen LogP contribution >= 0.6 is 11.8 Å². The summed E-state index contributed by atoms with van der Waals surface area (Å²) >= 11 is 1.06. The highest BCUT2D eigenvalue weighted by molar-refractivity contribution is 7.99. The number of alkyl halides is 3. The molecule has 4 nitrogen and oxygen atoms in total. The third-order valence-corrected chi connectivity index (χ3v) is 2.81. The van der Waals surface area contributed by atoms with Crippen LogP contribution in [0.25, 0.3) is 0 Å². The first-order valence-corrected chi connectivity index (χ1v) is 5.56. The third-order valence-electron chi connectivity index (χ3n) is 1.88. The molecule has 0 radical (unpaired) electrons. The highest BCUT2D eigenvalue weighted by Crippen LogP contribution is 2.32. The molecular weight excluding hydrogens is 265 g/mol. The number of pyridine rings is 1. The number of hydrogen-bond donors (Lipinski definition) is 1. The molecule has 8 heteroatoms. The highest BCUT2D eigenvalue weighted by Gasteiger charge is 2.33. The van der Waals surface area contributed by atoms with Crippen molar-refractivity contribution in [1.82, 2.24) is 15.0 Å². The molecule has 0 saturated heterocycles. The van der Waals surface area contributed by atoms with Crippen molar-refractivity contribution in [2.45, 2.75) is 16.1 Å². The lowest BCUT2D eigenvalue weighted by molar-refractivity contribution is -0.141. The summed E-state index contributed by atoms with van der Waals surface area (Å²) in [5.41, 5.74) is 4.21. The molecule has 0 unspecified atom stereocenters. The summed E-state index contributed by atoms with van der Waals surface area (Å²) in [6.45, 7) is 0. The summed E-state index contributed by atoms with van der Waals surface area (Å²) in [5, 5.41) is 0.140. The fourth-order valence-corrected chi connectivity index (χ4v) is 1.98. The summed E-state index contributed by atoms with van der Waals surface area (Å²) in [7, 11) is 0. The Morgan fingerprint density at radius 2 is 1.78 bits per heavy atom. The number of nitrogens with zero attached hydrogens (tertiary/aromatic N) is 3. The van der Waals surface area contributed by atoms with E-state index in [-0.39, 0.29) is 5.03 Å². The molecule has 2 heterocycles. The molecule has 0 aliphatic carbocycles. The van der Waals surface area contributed by atoms with Gasteiger partial charge in [-0.2, -0.15) is 13.2 Å². The molecule has 0 aromatic carbocycles. The second-order valence-electron chi connectivity index (χ2n) is 3.23. The molecule has 2 rings (SSSR count). The minimum atomic E-state index is -4.54. The van der Waals surface area contributed by atoms with E-state index in [2.05, 4.69) is 15.0 Å². The Hall–Kier alpha value is -1.83. The molecule has 0 atom stereocenters. The third kappa shape index (κ3) is 3.10. The molecule has 0 bridgehead atoms. The van der Waals surface area contributed by atoms with Crippen molar-refractivity contribution >= 4 is 17.7 Å². The standard InChI is InChI=1S/C10H7F3N4S/c11-10(12,13)7-5-8(17-9(14)16-7)18-6-1-3-15-4-2-6/h1-5H,(H2,14,16,17). The molecule has 0 saturated carbocycles. The maximum absolute atomic E-state index is 12.5. The molecule has 0 fully saturated rings. The van der Waals surface area contributed by atoms with Gasteiger partial charge in [-0.3, -0.25) is 4.98 Å². The summed E-state index contributed by atoms with van der Waals surface area (Å²) in [6, 6.07) is 4.19. The van der Waals surface area contributed by atoms with Gasteiger partial charge in [-0.15, -0.1) is 0 Å². The maximum atomic E-state index is 12.5. The lowest BCUT2D eigenvalue weighted by Gasteiger charge is -2.08. The van der Waals surface area contributed by atoms with Crippen LogP contribution in [0, 0.1) is 0 Å². The van der Waals surface area contributed by atoms with Crippen molar-refractivity contribution in [3.63, 3.8) is 0 Å². The lowest BCUT2D eigenvalue weighted by atomic mass is 10.4. The Bertz CT molecular complexity index is 545. The average molecular weight is 272 g/mol. The van der Waals surface area contributed by atoms with Crippen LogP contribution in [-0.2, 0) is 6.18 Å². The number of anilines is 1. The first-order chi connectivity index (χ1) is 8.45. The molecule has 2 N–H and O–H groups in total. The van der Waals surface area contributed by atoms with Crippen LogP contribution in [0.2, 0.25) is 0 Å². The number of aromatic nitrogens is 3. The molecule has 0 amide bonds.